The molecule has 3 aliphatic rings. The van der Waals surface area contributed by atoms with Crippen molar-refractivity contribution >= 4 is 0 Å². The Morgan fingerprint density at radius 3 is 2.52 bits per heavy atom. The van der Waals surface area contributed by atoms with Gasteiger partial charge in [-0.1, -0.05) is 31.2 Å². The molecule has 1 unspecified atom stereocenters. The van der Waals surface area contributed by atoms with E-state index in [1.165, 1.54) is 5.56 Å². The molecule has 1 aliphatic heterocycles. The largest absolute Gasteiger partial charge is 0.396 e. The Hall–Kier alpha value is -0.900. The molecule has 3 nitrogen and oxygen atoms in total. The Kier molecular flexibility index (Phi) is 3.99. The number of fused-ring (bicyclic) bond motifs is 2. The number of rotatable bonds is 3. The average molecular weight is 316 g/mol. The summed E-state index contributed by atoms with van der Waals surface area (Å²) in [5.74, 6) is 0.720. The lowest BCUT2D eigenvalue weighted by atomic mass is 9.62. The van der Waals surface area contributed by atoms with Gasteiger partial charge in [0.15, 0.2) is 5.79 Å². The first-order valence-electron chi connectivity index (χ1n) is 9.15. The molecule has 0 amide bonds. The van der Waals surface area contributed by atoms with Gasteiger partial charge in [-0.2, -0.15) is 0 Å². The van der Waals surface area contributed by atoms with E-state index in [4.69, 9.17) is 9.47 Å². The molecule has 2 aliphatic carbocycles. The van der Waals surface area contributed by atoms with Gasteiger partial charge < -0.3 is 14.6 Å². The van der Waals surface area contributed by atoms with Crippen molar-refractivity contribution in [3.05, 3.63) is 35.4 Å². The number of benzene rings is 1. The molecule has 1 aromatic rings. The van der Waals surface area contributed by atoms with E-state index in [1.54, 1.807) is 5.56 Å². The molecular weight excluding hydrogens is 288 g/mol. The molecule has 1 heterocycles. The van der Waals surface area contributed by atoms with E-state index in [0.717, 1.165) is 51.7 Å². The molecule has 1 N–H and O–H groups in total. The molecule has 0 radical (unpaired) electrons. The van der Waals surface area contributed by atoms with Gasteiger partial charge in [0.1, 0.15) is 0 Å². The van der Waals surface area contributed by atoms with Gasteiger partial charge in [-0.15, -0.1) is 0 Å². The van der Waals surface area contributed by atoms with Crippen LogP contribution in [0.5, 0.6) is 0 Å². The minimum Gasteiger partial charge on any atom is -0.396 e. The SMILES string of the molecule is CC(CO)C[C@@H]1Cc2ccccc2C12CCC1(CC2)OCCO1. The zero-order valence-corrected chi connectivity index (χ0v) is 14.1. The van der Waals surface area contributed by atoms with E-state index < -0.39 is 0 Å². The molecule has 1 saturated heterocycles. The van der Waals surface area contributed by atoms with Crippen molar-refractivity contribution in [3.8, 4) is 0 Å². The van der Waals surface area contributed by atoms with Crippen LogP contribution in [0.25, 0.3) is 0 Å². The van der Waals surface area contributed by atoms with E-state index in [1.807, 2.05) is 0 Å². The van der Waals surface area contributed by atoms with Crippen LogP contribution in [0.15, 0.2) is 24.3 Å². The van der Waals surface area contributed by atoms with Gasteiger partial charge in [0.05, 0.1) is 13.2 Å². The Morgan fingerprint density at radius 1 is 1.13 bits per heavy atom. The van der Waals surface area contributed by atoms with Crippen LogP contribution in [0.3, 0.4) is 0 Å². The monoisotopic (exact) mass is 316 g/mol. The molecule has 23 heavy (non-hydrogen) atoms. The molecule has 2 spiro atoms. The first-order chi connectivity index (χ1) is 11.2. The second-order valence-electron chi connectivity index (χ2n) is 7.85. The van der Waals surface area contributed by atoms with Crippen molar-refractivity contribution < 1.29 is 14.6 Å². The van der Waals surface area contributed by atoms with Crippen molar-refractivity contribution in [1.82, 2.24) is 0 Å². The predicted molar refractivity (Wildman–Crippen MR) is 89.3 cm³/mol. The van der Waals surface area contributed by atoms with E-state index >= 15 is 0 Å². The maximum absolute atomic E-state index is 9.53. The van der Waals surface area contributed by atoms with Crippen LogP contribution in [0.4, 0.5) is 0 Å². The molecule has 3 heteroatoms. The summed E-state index contributed by atoms with van der Waals surface area (Å²) in [5.41, 5.74) is 3.34. The number of aliphatic hydroxyl groups is 1. The van der Waals surface area contributed by atoms with Gasteiger partial charge >= 0.3 is 0 Å². The van der Waals surface area contributed by atoms with Crippen LogP contribution in [0.1, 0.15) is 50.2 Å². The van der Waals surface area contributed by atoms with Gasteiger partial charge in [-0.05, 0) is 54.1 Å². The van der Waals surface area contributed by atoms with Crippen LogP contribution >= 0.6 is 0 Å². The highest BCUT2D eigenvalue weighted by atomic mass is 16.7. The summed E-state index contributed by atoms with van der Waals surface area (Å²) >= 11 is 0. The molecule has 0 aromatic heterocycles. The van der Waals surface area contributed by atoms with Crippen molar-refractivity contribution in [2.75, 3.05) is 19.8 Å². The van der Waals surface area contributed by atoms with Crippen LogP contribution in [0.2, 0.25) is 0 Å². The van der Waals surface area contributed by atoms with Crippen LogP contribution in [-0.4, -0.2) is 30.7 Å². The second kappa shape index (κ2) is 5.87. The summed E-state index contributed by atoms with van der Waals surface area (Å²) in [5, 5.41) is 9.53. The topological polar surface area (TPSA) is 38.7 Å². The zero-order chi connectivity index (χ0) is 15.9. The minimum absolute atomic E-state index is 0.264. The number of ether oxygens (including phenoxy) is 2. The van der Waals surface area contributed by atoms with Crippen LogP contribution < -0.4 is 0 Å². The molecule has 4 rings (SSSR count). The Bertz CT molecular complexity index is 552. The predicted octanol–water partition coefficient (Wildman–Crippen LogP) is 3.43. The Balaban J connectivity index is 1.62. The smallest absolute Gasteiger partial charge is 0.168 e. The van der Waals surface area contributed by atoms with Crippen molar-refractivity contribution in [2.45, 2.75) is 56.7 Å². The van der Waals surface area contributed by atoms with Crippen LogP contribution in [0, 0.1) is 11.8 Å². The summed E-state index contributed by atoms with van der Waals surface area (Å²) in [6, 6.07) is 8.99. The van der Waals surface area contributed by atoms with Crippen LogP contribution in [-0.2, 0) is 21.3 Å². The minimum atomic E-state index is -0.296. The third kappa shape index (κ3) is 2.54. The summed E-state index contributed by atoms with van der Waals surface area (Å²) in [4.78, 5) is 0. The summed E-state index contributed by atoms with van der Waals surface area (Å²) in [7, 11) is 0. The second-order valence-corrected chi connectivity index (χ2v) is 7.85. The fourth-order valence-corrected chi connectivity index (χ4v) is 5.27. The van der Waals surface area contributed by atoms with Gasteiger partial charge in [-0.3, -0.25) is 0 Å². The first kappa shape index (κ1) is 15.6. The quantitative estimate of drug-likeness (QED) is 0.928. The third-order valence-corrected chi connectivity index (χ3v) is 6.52. The third-order valence-electron chi connectivity index (χ3n) is 6.52. The molecule has 1 aromatic carbocycles. The Labute approximate surface area is 139 Å². The molecule has 1 saturated carbocycles. The lowest BCUT2D eigenvalue weighted by Gasteiger charge is -2.46. The standard InChI is InChI=1S/C20H28O3/c1-15(14-21)12-17-13-16-4-2-3-5-18(16)19(17)6-8-20(9-7-19)22-10-11-23-20/h2-5,15,17,21H,6-14H2,1H3/t15?,17-/m1/s1. The van der Waals surface area contributed by atoms with Crippen molar-refractivity contribution in [3.63, 3.8) is 0 Å². The van der Waals surface area contributed by atoms with Crippen molar-refractivity contribution in [2.24, 2.45) is 11.8 Å². The molecular formula is C20H28O3. The van der Waals surface area contributed by atoms with Gasteiger partial charge in [0.2, 0.25) is 0 Å². The number of aliphatic hydroxyl groups excluding tert-OH is 1. The Morgan fingerprint density at radius 2 is 1.83 bits per heavy atom. The highest BCUT2D eigenvalue weighted by molar-refractivity contribution is 5.41. The van der Waals surface area contributed by atoms with Gasteiger partial charge in [0.25, 0.3) is 0 Å². The fraction of sp³-hybridized carbons (Fsp3) is 0.700. The normalized spacial score (nSPS) is 29.0. The summed E-state index contributed by atoms with van der Waals surface area (Å²) in [6.45, 7) is 3.95. The maximum Gasteiger partial charge on any atom is 0.168 e. The van der Waals surface area contributed by atoms with Gasteiger partial charge in [0, 0.05) is 19.4 Å². The maximum atomic E-state index is 9.53. The highest BCUT2D eigenvalue weighted by Crippen LogP contribution is 2.56. The molecule has 2 fully saturated rings. The first-order valence-corrected chi connectivity index (χ1v) is 9.15. The van der Waals surface area contributed by atoms with Gasteiger partial charge in [-0.25, -0.2) is 0 Å². The number of hydrogen-bond acceptors (Lipinski definition) is 3. The number of hydrogen-bond donors (Lipinski definition) is 1. The average Bonchev–Trinajstić information content (AvgIpc) is 3.15. The molecule has 0 bridgehead atoms. The lowest BCUT2D eigenvalue weighted by molar-refractivity contribution is -0.187. The van der Waals surface area contributed by atoms with E-state index in [0.29, 0.717) is 18.4 Å². The molecule has 126 valence electrons. The van der Waals surface area contributed by atoms with E-state index in [2.05, 4.69) is 31.2 Å². The summed E-state index contributed by atoms with van der Waals surface area (Å²) < 4.78 is 11.9. The van der Waals surface area contributed by atoms with E-state index in [9.17, 15) is 5.11 Å². The van der Waals surface area contributed by atoms with E-state index in [-0.39, 0.29) is 11.2 Å². The summed E-state index contributed by atoms with van der Waals surface area (Å²) in [6.07, 6.45) is 6.57. The lowest BCUT2D eigenvalue weighted by Crippen LogP contribution is -2.44. The molecule has 2 atom stereocenters. The van der Waals surface area contributed by atoms with Crippen molar-refractivity contribution in [1.29, 1.82) is 0 Å². The fourth-order valence-electron chi connectivity index (χ4n) is 5.27. The zero-order valence-electron chi connectivity index (χ0n) is 14.1. The highest BCUT2D eigenvalue weighted by Gasteiger charge is 2.53.